The normalized spacial score (nSPS) is 11.7. The molecule has 1 heterocycles. The Bertz CT molecular complexity index is 1080. The third-order valence-electron chi connectivity index (χ3n) is 4.40. The van der Waals surface area contributed by atoms with Gasteiger partial charge in [0.1, 0.15) is 5.75 Å². The Balaban J connectivity index is 1.88. The average molecular weight is 370 g/mol. The first-order valence-electron chi connectivity index (χ1n) is 8.49. The molecule has 0 saturated carbocycles. The number of nitrogens with one attached hydrogen (secondary N) is 1. The molecule has 0 atom stereocenters. The quantitative estimate of drug-likeness (QED) is 0.745. The van der Waals surface area contributed by atoms with E-state index in [9.17, 15) is 13.2 Å². The van der Waals surface area contributed by atoms with Crippen molar-refractivity contribution in [3.8, 4) is 0 Å². The van der Waals surface area contributed by atoms with Crippen LogP contribution in [0.3, 0.4) is 0 Å². The van der Waals surface area contributed by atoms with Crippen molar-refractivity contribution in [2.45, 2.75) is 32.2 Å². The fourth-order valence-corrected chi connectivity index (χ4v) is 4.48. The SMILES string of the molecule is CCn1cc(S(=O)(=O)CC(=O)Nc2ccc(C)cc2C)c2ccccc21. The average Bonchev–Trinajstić information content (AvgIpc) is 2.97. The number of anilines is 1. The van der Waals surface area contributed by atoms with Crippen LogP contribution in [0.15, 0.2) is 53.6 Å². The molecule has 0 aliphatic carbocycles. The standard InChI is InChI=1S/C20H22N2O3S/c1-4-22-12-19(16-7-5-6-8-18(16)22)26(24,25)13-20(23)21-17-10-9-14(2)11-15(17)3/h5-12H,4,13H2,1-3H3,(H,21,23). The molecule has 6 heteroatoms. The van der Waals surface area contributed by atoms with Crippen LogP contribution < -0.4 is 5.32 Å². The zero-order chi connectivity index (χ0) is 18.9. The van der Waals surface area contributed by atoms with Crippen LogP contribution in [0.4, 0.5) is 5.69 Å². The lowest BCUT2D eigenvalue weighted by molar-refractivity contribution is -0.113. The van der Waals surface area contributed by atoms with E-state index >= 15 is 0 Å². The Morgan fingerprint density at radius 3 is 2.54 bits per heavy atom. The molecule has 5 nitrogen and oxygen atoms in total. The number of nitrogens with zero attached hydrogens (tertiary/aromatic N) is 1. The molecule has 1 aromatic heterocycles. The van der Waals surface area contributed by atoms with Gasteiger partial charge in [-0.1, -0.05) is 35.9 Å². The lowest BCUT2D eigenvalue weighted by Gasteiger charge is -2.09. The van der Waals surface area contributed by atoms with E-state index in [-0.39, 0.29) is 4.90 Å². The predicted octanol–water partition coefficient (Wildman–Crippen LogP) is 3.69. The molecule has 0 unspecified atom stereocenters. The van der Waals surface area contributed by atoms with Gasteiger partial charge in [-0.2, -0.15) is 0 Å². The largest absolute Gasteiger partial charge is 0.346 e. The molecule has 1 amide bonds. The number of amides is 1. The molecule has 0 bridgehead atoms. The van der Waals surface area contributed by atoms with Crippen LogP contribution in [0, 0.1) is 13.8 Å². The van der Waals surface area contributed by atoms with Gasteiger partial charge in [-0.25, -0.2) is 8.42 Å². The minimum atomic E-state index is -3.75. The number of sulfone groups is 1. The Morgan fingerprint density at radius 2 is 1.85 bits per heavy atom. The summed E-state index contributed by atoms with van der Waals surface area (Å²) >= 11 is 0. The maximum Gasteiger partial charge on any atom is 0.239 e. The first-order chi connectivity index (χ1) is 12.3. The summed E-state index contributed by atoms with van der Waals surface area (Å²) < 4.78 is 27.6. The highest BCUT2D eigenvalue weighted by Gasteiger charge is 2.24. The van der Waals surface area contributed by atoms with Gasteiger partial charge in [-0.05, 0) is 38.5 Å². The Kier molecular flexibility index (Phi) is 4.87. The van der Waals surface area contributed by atoms with Crippen LogP contribution in [0.2, 0.25) is 0 Å². The molecule has 0 aliphatic heterocycles. The first kappa shape index (κ1) is 18.2. The number of para-hydroxylation sites is 1. The minimum Gasteiger partial charge on any atom is -0.346 e. The van der Waals surface area contributed by atoms with E-state index in [1.165, 1.54) is 0 Å². The van der Waals surface area contributed by atoms with E-state index in [0.717, 1.165) is 16.6 Å². The van der Waals surface area contributed by atoms with Gasteiger partial charge in [0, 0.05) is 29.3 Å². The summed E-state index contributed by atoms with van der Waals surface area (Å²) in [6.07, 6.45) is 1.62. The summed E-state index contributed by atoms with van der Waals surface area (Å²) in [5.41, 5.74) is 3.47. The zero-order valence-electron chi connectivity index (χ0n) is 15.1. The van der Waals surface area contributed by atoms with E-state index in [1.54, 1.807) is 24.4 Å². The molecule has 0 aliphatic rings. The number of benzene rings is 2. The minimum absolute atomic E-state index is 0.200. The van der Waals surface area contributed by atoms with Crippen LogP contribution in [0.5, 0.6) is 0 Å². The fourth-order valence-electron chi connectivity index (χ4n) is 3.11. The molecule has 2 aromatic carbocycles. The maximum absolute atomic E-state index is 12.8. The van der Waals surface area contributed by atoms with Crippen LogP contribution in [0.25, 0.3) is 10.9 Å². The third-order valence-corrected chi connectivity index (χ3v) is 6.04. The van der Waals surface area contributed by atoms with Gasteiger partial charge >= 0.3 is 0 Å². The molecule has 3 rings (SSSR count). The number of hydrogen-bond acceptors (Lipinski definition) is 3. The highest BCUT2D eigenvalue weighted by molar-refractivity contribution is 7.92. The molecular formula is C20H22N2O3S. The number of aromatic nitrogens is 1. The molecule has 0 spiro atoms. The van der Waals surface area contributed by atoms with E-state index in [2.05, 4.69) is 5.32 Å². The lowest BCUT2D eigenvalue weighted by Crippen LogP contribution is -2.23. The van der Waals surface area contributed by atoms with Gasteiger partial charge in [0.05, 0.1) is 4.90 Å². The third kappa shape index (κ3) is 3.51. The first-order valence-corrected chi connectivity index (χ1v) is 10.1. The Labute approximate surface area is 153 Å². The molecule has 26 heavy (non-hydrogen) atoms. The lowest BCUT2D eigenvalue weighted by atomic mass is 10.1. The number of rotatable bonds is 5. The summed E-state index contributed by atoms with van der Waals surface area (Å²) in [5.74, 6) is -1.12. The van der Waals surface area contributed by atoms with Gasteiger partial charge in [0.25, 0.3) is 0 Å². The van der Waals surface area contributed by atoms with Crippen LogP contribution >= 0.6 is 0 Å². The van der Waals surface area contributed by atoms with Crippen molar-refractivity contribution in [3.63, 3.8) is 0 Å². The van der Waals surface area contributed by atoms with Crippen LogP contribution in [0.1, 0.15) is 18.1 Å². The summed E-state index contributed by atoms with van der Waals surface area (Å²) in [6.45, 7) is 6.46. The van der Waals surface area contributed by atoms with Gasteiger partial charge in [0.15, 0.2) is 9.84 Å². The highest BCUT2D eigenvalue weighted by atomic mass is 32.2. The van der Waals surface area contributed by atoms with Gasteiger partial charge in [0.2, 0.25) is 5.91 Å². The maximum atomic E-state index is 12.8. The van der Waals surface area contributed by atoms with Gasteiger partial charge in [-0.3, -0.25) is 4.79 Å². The van der Waals surface area contributed by atoms with Crippen molar-refractivity contribution in [2.24, 2.45) is 0 Å². The molecule has 0 fully saturated rings. The predicted molar refractivity (Wildman–Crippen MR) is 104 cm³/mol. The summed E-state index contributed by atoms with van der Waals surface area (Å²) in [7, 11) is -3.75. The number of carbonyl (C=O) groups is 1. The van der Waals surface area contributed by atoms with Crippen LogP contribution in [-0.4, -0.2) is 24.6 Å². The molecule has 1 N–H and O–H groups in total. The molecular weight excluding hydrogens is 348 g/mol. The molecule has 3 aromatic rings. The van der Waals surface area contributed by atoms with Crippen molar-refractivity contribution >= 4 is 32.3 Å². The summed E-state index contributed by atoms with van der Waals surface area (Å²) in [4.78, 5) is 12.6. The summed E-state index contributed by atoms with van der Waals surface area (Å²) in [5, 5.41) is 3.35. The smallest absolute Gasteiger partial charge is 0.239 e. The van der Waals surface area contributed by atoms with Gasteiger partial charge < -0.3 is 9.88 Å². The molecule has 0 radical (unpaired) electrons. The second kappa shape index (κ2) is 6.96. The van der Waals surface area contributed by atoms with Crippen molar-refractivity contribution in [1.82, 2.24) is 4.57 Å². The summed E-state index contributed by atoms with van der Waals surface area (Å²) in [6, 6.07) is 12.9. The Morgan fingerprint density at radius 1 is 1.12 bits per heavy atom. The topological polar surface area (TPSA) is 68.2 Å². The van der Waals surface area contributed by atoms with E-state index in [4.69, 9.17) is 0 Å². The van der Waals surface area contributed by atoms with E-state index in [1.807, 2.05) is 49.6 Å². The second-order valence-electron chi connectivity index (χ2n) is 6.42. The zero-order valence-corrected chi connectivity index (χ0v) is 15.9. The highest BCUT2D eigenvalue weighted by Crippen LogP contribution is 2.26. The van der Waals surface area contributed by atoms with E-state index in [0.29, 0.717) is 17.6 Å². The van der Waals surface area contributed by atoms with Crippen molar-refractivity contribution < 1.29 is 13.2 Å². The van der Waals surface area contributed by atoms with Crippen molar-refractivity contribution in [3.05, 3.63) is 59.8 Å². The number of hydrogen-bond donors (Lipinski definition) is 1. The Hall–Kier alpha value is -2.60. The number of fused-ring (bicyclic) bond motifs is 1. The fraction of sp³-hybridized carbons (Fsp3) is 0.250. The monoisotopic (exact) mass is 370 g/mol. The number of carbonyl (C=O) groups excluding carboxylic acids is 1. The van der Waals surface area contributed by atoms with Crippen LogP contribution in [-0.2, 0) is 21.2 Å². The van der Waals surface area contributed by atoms with Crippen molar-refractivity contribution in [1.29, 1.82) is 0 Å². The number of aryl methyl sites for hydroxylation is 3. The molecule has 136 valence electrons. The van der Waals surface area contributed by atoms with Gasteiger partial charge in [-0.15, -0.1) is 0 Å². The second-order valence-corrected chi connectivity index (χ2v) is 8.38. The molecule has 0 saturated heterocycles. The van der Waals surface area contributed by atoms with Crippen molar-refractivity contribution in [2.75, 3.05) is 11.1 Å². The van der Waals surface area contributed by atoms with E-state index < -0.39 is 21.5 Å².